The highest BCUT2D eigenvalue weighted by atomic mass is 35.5. The second-order valence-corrected chi connectivity index (χ2v) is 13.1. The molecule has 0 aliphatic heterocycles. The van der Waals surface area contributed by atoms with Crippen LogP contribution in [-0.2, 0) is 17.5 Å². The summed E-state index contributed by atoms with van der Waals surface area (Å²) in [5, 5.41) is 9.73. The van der Waals surface area contributed by atoms with Crippen LogP contribution >= 0.6 is 19.4 Å². The number of benzene rings is 4. The van der Waals surface area contributed by atoms with Crippen LogP contribution in [0.4, 0.5) is 17.1 Å². The zero-order chi connectivity index (χ0) is 32.5. The molecule has 240 valence electrons. The van der Waals surface area contributed by atoms with Crippen molar-refractivity contribution in [1.82, 2.24) is 0 Å². The molecule has 1 saturated carbocycles. The summed E-state index contributed by atoms with van der Waals surface area (Å²) in [6.45, 7) is 0.479. The Balaban J connectivity index is 1.29. The van der Waals surface area contributed by atoms with Crippen molar-refractivity contribution in [2.45, 2.75) is 51.5 Å². The second-order valence-electron chi connectivity index (χ2n) is 11.5. The Labute approximate surface area is 273 Å². The van der Waals surface area contributed by atoms with Crippen molar-refractivity contribution < 1.29 is 28.5 Å². The number of hydrogen-bond acceptors (Lipinski definition) is 5. The molecule has 0 bridgehead atoms. The van der Waals surface area contributed by atoms with Gasteiger partial charge in [-0.1, -0.05) is 68.0 Å². The van der Waals surface area contributed by atoms with E-state index in [1.54, 1.807) is 48.5 Å². The number of hydrogen-bond donors (Lipinski definition) is 5. The number of amides is 2. The molecule has 0 heterocycles. The van der Waals surface area contributed by atoms with Crippen LogP contribution in [0.2, 0.25) is 5.02 Å². The first-order valence-corrected chi connectivity index (χ1v) is 17.2. The number of carbonyl (C=O) groups is 2. The van der Waals surface area contributed by atoms with E-state index in [0.717, 1.165) is 29.7 Å². The average Bonchev–Trinajstić information content (AvgIpc) is 3.03. The molecule has 5 N–H and O–H groups in total. The maximum atomic E-state index is 13.2. The molecular formula is C35H37ClN3O6P. The van der Waals surface area contributed by atoms with Gasteiger partial charge in [0.25, 0.3) is 11.8 Å². The summed E-state index contributed by atoms with van der Waals surface area (Å²) in [5.41, 5.74) is 4.82. The van der Waals surface area contributed by atoms with Crippen LogP contribution < -0.4 is 20.5 Å². The fraction of sp³-hybridized carbons (Fsp3) is 0.257. The summed E-state index contributed by atoms with van der Waals surface area (Å²) in [6.07, 6.45) is 8.08. The number of aryl methyl sites for hydroxylation is 1. The largest absolute Gasteiger partial charge is 0.524 e. The first kappa shape index (κ1) is 33.2. The van der Waals surface area contributed by atoms with E-state index in [-0.39, 0.29) is 17.6 Å². The molecule has 1 aliphatic rings. The number of anilines is 3. The van der Waals surface area contributed by atoms with Crippen molar-refractivity contribution in [2.75, 3.05) is 16.0 Å². The van der Waals surface area contributed by atoms with Gasteiger partial charge in [0, 0.05) is 45.8 Å². The smallest absolute Gasteiger partial charge is 0.404 e. The van der Waals surface area contributed by atoms with E-state index in [1.807, 2.05) is 30.3 Å². The SMILES string of the molecule is O=C(Nc1cccc(Cl)c1)c1cccc(CNc2ccc(C(=O)Nc3cccc(OP(=O)(O)O)c3)cc2CCC2CCCCC2)c1. The highest BCUT2D eigenvalue weighted by Crippen LogP contribution is 2.38. The Morgan fingerprint density at radius 3 is 2.20 bits per heavy atom. The lowest BCUT2D eigenvalue weighted by atomic mass is 9.85. The molecule has 0 radical (unpaired) electrons. The van der Waals surface area contributed by atoms with E-state index in [4.69, 9.17) is 21.4 Å². The van der Waals surface area contributed by atoms with E-state index < -0.39 is 7.82 Å². The highest BCUT2D eigenvalue weighted by Gasteiger charge is 2.18. The summed E-state index contributed by atoms with van der Waals surface area (Å²) in [6, 6.07) is 25.9. The Kier molecular flexibility index (Phi) is 11.1. The van der Waals surface area contributed by atoms with Crippen LogP contribution in [0, 0.1) is 5.92 Å². The minimum Gasteiger partial charge on any atom is -0.404 e. The minimum absolute atomic E-state index is 0.0511. The molecule has 9 nitrogen and oxygen atoms in total. The van der Waals surface area contributed by atoms with Crippen LogP contribution in [0.5, 0.6) is 5.75 Å². The van der Waals surface area contributed by atoms with Gasteiger partial charge < -0.3 is 20.5 Å². The van der Waals surface area contributed by atoms with Gasteiger partial charge in [-0.25, -0.2) is 4.57 Å². The number of phosphoric ester groups is 1. The van der Waals surface area contributed by atoms with Gasteiger partial charge in [0.05, 0.1) is 0 Å². The van der Waals surface area contributed by atoms with E-state index in [1.165, 1.54) is 44.2 Å². The van der Waals surface area contributed by atoms with Gasteiger partial charge in [-0.05, 0) is 90.6 Å². The predicted octanol–water partition coefficient (Wildman–Crippen LogP) is 8.44. The molecule has 0 unspecified atom stereocenters. The highest BCUT2D eigenvalue weighted by molar-refractivity contribution is 7.46. The number of carbonyl (C=O) groups excluding carboxylic acids is 2. The van der Waals surface area contributed by atoms with Crippen LogP contribution in [0.1, 0.15) is 70.4 Å². The minimum atomic E-state index is -4.73. The lowest BCUT2D eigenvalue weighted by Crippen LogP contribution is -2.14. The Bertz CT molecular complexity index is 1740. The first-order valence-electron chi connectivity index (χ1n) is 15.3. The van der Waals surface area contributed by atoms with Crippen LogP contribution in [0.15, 0.2) is 91.0 Å². The van der Waals surface area contributed by atoms with Crippen molar-refractivity contribution in [3.8, 4) is 5.75 Å². The molecule has 4 aromatic rings. The van der Waals surface area contributed by atoms with Gasteiger partial charge in [0.1, 0.15) is 5.75 Å². The van der Waals surface area contributed by atoms with E-state index >= 15 is 0 Å². The van der Waals surface area contributed by atoms with Gasteiger partial charge in [-0.15, -0.1) is 0 Å². The summed E-state index contributed by atoms with van der Waals surface area (Å²) < 4.78 is 15.9. The average molecular weight is 662 g/mol. The van der Waals surface area contributed by atoms with Crippen LogP contribution in [-0.4, -0.2) is 21.6 Å². The van der Waals surface area contributed by atoms with Gasteiger partial charge in [-0.3, -0.25) is 19.4 Å². The molecule has 2 amide bonds. The van der Waals surface area contributed by atoms with Crippen molar-refractivity contribution in [1.29, 1.82) is 0 Å². The normalized spacial score (nSPS) is 13.5. The molecule has 46 heavy (non-hydrogen) atoms. The van der Waals surface area contributed by atoms with Crippen molar-refractivity contribution in [3.05, 3.63) is 118 Å². The van der Waals surface area contributed by atoms with Crippen LogP contribution in [0.3, 0.4) is 0 Å². The lowest BCUT2D eigenvalue weighted by Gasteiger charge is -2.22. The third kappa shape index (κ3) is 9.93. The van der Waals surface area contributed by atoms with Gasteiger partial charge in [-0.2, -0.15) is 0 Å². The van der Waals surface area contributed by atoms with Crippen LogP contribution in [0.25, 0.3) is 0 Å². The van der Waals surface area contributed by atoms with Crippen molar-refractivity contribution in [2.24, 2.45) is 5.92 Å². The third-order valence-corrected chi connectivity index (χ3v) is 8.67. The third-order valence-electron chi connectivity index (χ3n) is 7.98. The summed E-state index contributed by atoms with van der Waals surface area (Å²) in [4.78, 5) is 44.4. The number of phosphoric acid groups is 1. The van der Waals surface area contributed by atoms with Gasteiger partial charge >= 0.3 is 7.82 Å². The molecule has 1 aliphatic carbocycles. The predicted molar refractivity (Wildman–Crippen MR) is 182 cm³/mol. The maximum Gasteiger partial charge on any atom is 0.524 e. The number of nitrogens with one attached hydrogen (secondary N) is 3. The zero-order valence-electron chi connectivity index (χ0n) is 25.2. The topological polar surface area (TPSA) is 137 Å². The summed E-state index contributed by atoms with van der Waals surface area (Å²) in [5.74, 6) is 0.0269. The first-order chi connectivity index (χ1) is 22.1. The molecule has 11 heteroatoms. The summed E-state index contributed by atoms with van der Waals surface area (Å²) in [7, 11) is -4.73. The molecule has 0 saturated heterocycles. The second kappa shape index (κ2) is 15.4. The molecule has 1 fully saturated rings. The Morgan fingerprint density at radius 2 is 1.48 bits per heavy atom. The van der Waals surface area contributed by atoms with E-state index in [2.05, 4.69) is 20.5 Å². The van der Waals surface area contributed by atoms with Gasteiger partial charge in [0.2, 0.25) is 0 Å². The van der Waals surface area contributed by atoms with E-state index in [0.29, 0.717) is 40.0 Å². The number of halogens is 1. The molecule has 0 spiro atoms. The number of rotatable bonds is 12. The van der Waals surface area contributed by atoms with Crippen molar-refractivity contribution in [3.63, 3.8) is 0 Å². The fourth-order valence-electron chi connectivity index (χ4n) is 5.71. The monoisotopic (exact) mass is 661 g/mol. The van der Waals surface area contributed by atoms with E-state index in [9.17, 15) is 14.2 Å². The summed E-state index contributed by atoms with van der Waals surface area (Å²) >= 11 is 6.06. The Hall–Kier alpha value is -4.14. The van der Waals surface area contributed by atoms with Crippen molar-refractivity contribution >= 4 is 48.3 Å². The Morgan fingerprint density at radius 1 is 0.804 bits per heavy atom. The standard InChI is InChI=1S/C35H37ClN3O6P/c36-29-11-5-12-30(21-29)38-34(40)27-10-4-9-25(19-27)23-37-33-18-17-28(20-26(33)16-15-24-7-2-1-3-8-24)35(41)39-31-13-6-14-32(22-31)45-46(42,43)44/h4-6,9-14,17-22,24,37H,1-3,7-8,15-16,23H2,(H,38,40)(H,39,41)(H2,42,43,44). The lowest BCUT2D eigenvalue weighted by molar-refractivity contribution is 0.101. The van der Waals surface area contributed by atoms with Gasteiger partial charge in [0.15, 0.2) is 0 Å². The molecule has 5 rings (SSSR count). The molecular weight excluding hydrogens is 625 g/mol. The fourth-order valence-corrected chi connectivity index (χ4v) is 6.29. The maximum absolute atomic E-state index is 13.2. The zero-order valence-corrected chi connectivity index (χ0v) is 26.9. The molecule has 0 atom stereocenters. The quantitative estimate of drug-likeness (QED) is 0.0961. The molecule has 0 aromatic heterocycles. The molecule has 4 aromatic carbocycles.